The van der Waals surface area contributed by atoms with Crippen LogP contribution in [0, 0.1) is 11.3 Å². The molecule has 2 rings (SSSR count). The van der Waals surface area contributed by atoms with Crippen molar-refractivity contribution < 1.29 is 36.6 Å². The summed E-state index contributed by atoms with van der Waals surface area (Å²) in [5.41, 5.74) is -3.60. The minimum atomic E-state index is -4.86. The first-order valence-corrected chi connectivity index (χ1v) is 4.25. The summed E-state index contributed by atoms with van der Waals surface area (Å²) in [5, 5.41) is 18.1. The number of rotatable bonds is 0. The van der Waals surface area contributed by atoms with Crippen LogP contribution in [0.3, 0.4) is 0 Å². The first-order chi connectivity index (χ1) is 7.03. The van der Waals surface area contributed by atoms with Crippen LogP contribution in [0.25, 0.3) is 0 Å². The zero-order valence-corrected chi connectivity index (χ0v) is 7.47. The normalized spacial score (nSPS) is 43.0. The maximum Gasteiger partial charge on any atom is 0.414 e. The van der Waals surface area contributed by atoms with Gasteiger partial charge in [-0.15, -0.1) is 0 Å². The summed E-state index contributed by atoms with van der Waals surface area (Å²) in [6.45, 7) is 0. The molecule has 16 heavy (non-hydrogen) atoms. The van der Waals surface area contributed by atoms with Gasteiger partial charge < -0.3 is 10.2 Å². The summed E-state index contributed by atoms with van der Waals surface area (Å²) in [5.74, 6) is -2.30. The van der Waals surface area contributed by atoms with Gasteiger partial charge in [0.2, 0.25) is 0 Å². The quantitative estimate of drug-likeness (QED) is 0.502. The van der Waals surface area contributed by atoms with Crippen LogP contribution in [0.5, 0.6) is 0 Å². The summed E-state index contributed by atoms with van der Waals surface area (Å²) < 4.78 is 72.9. The Balaban J connectivity index is 2.26. The second-order valence-corrected chi connectivity index (χ2v) is 3.96. The van der Waals surface area contributed by atoms with Gasteiger partial charge >= 0.3 is 12.4 Å². The average Bonchev–Trinajstić information content (AvgIpc) is 2.67. The lowest BCUT2D eigenvalue weighted by atomic mass is 9.77. The van der Waals surface area contributed by atoms with Gasteiger partial charge in [-0.25, -0.2) is 0 Å². The number of alkyl halides is 6. The Hall–Kier alpha value is -0.760. The molecule has 1 fully saturated rings. The van der Waals surface area contributed by atoms with Gasteiger partial charge in [0.1, 0.15) is 0 Å². The Kier molecular flexibility index (Phi) is 2.00. The van der Waals surface area contributed by atoms with Crippen LogP contribution in [-0.2, 0) is 0 Å². The summed E-state index contributed by atoms with van der Waals surface area (Å²) >= 11 is 0. The monoisotopic (exact) mass is 248 g/mol. The molecule has 2 aliphatic rings. The maximum atomic E-state index is 12.2. The predicted molar refractivity (Wildman–Crippen MR) is 38.1 cm³/mol. The van der Waals surface area contributed by atoms with Gasteiger partial charge in [-0.3, -0.25) is 0 Å². The number of aliphatic hydroxyl groups is 2. The van der Waals surface area contributed by atoms with Crippen LogP contribution in [-0.4, -0.2) is 34.8 Å². The zero-order valence-electron chi connectivity index (χ0n) is 7.47. The summed E-state index contributed by atoms with van der Waals surface area (Å²) in [7, 11) is 0. The highest BCUT2D eigenvalue weighted by Crippen LogP contribution is 2.70. The molecular formula is C8H6F6O2. The van der Waals surface area contributed by atoms with Gasteiger partial charge in [0.15, 0.2) is 0 Å². The Morgan fingerprint density at radius 1 is 1.06 bits per heavy atom. The highest BCUT2D eigenvalue weighted by molar-refractivity contribution is 5.45. The zero-order chi connectivity index (χ0) is 12.5. The van der Waals surface area contributed by atoms with Gasteiger partial charge in [-0.05, 0) is 0 Å². The van der Waals surface area contributed by atoms with Crippen molar-refractivity contribution in [2.24, 2.45) is 11.3 Å². The van der Waals surface area contributed by atoms with E-state index >= 15 is 0 Å². The van der Waals surface area contributed by atoms with Crippen molar-refractivity contribution in [3.63, 3.8) is 0 Å². The van der Waals surface area contributed by atoms with Crippen molar-refractivity contribution in [3.8, 4) is 0 Å². The minimum Gasteiger partial charge on any atom is -0.391 e. The topological polar surface area (TPSA) is 40.5 Å². The smallest absolute Gasteiger partial charge is 0.391 e. The Bertz CT molecular complexity index is 357. The molecule has 0 aromatic carbocycles. The summed E-state index contributed by atoms with van der Waals surface area (Å²) in [6, 6.07) is 0. The molecule has 0 heterocycles. The lowest BCUT2D eigenvalue weighted by molar-refractivity contribution is -0.168. The number of halogens is 6. The second kappa shape index (κ2) is 2.73. The fraction of sp³-hybridized carbons (Fsp3) is 0.750. The summed E-state index contributed by atoms with van der Waals surface area (Å²) in [6.07, 6.45) is -13.7. The highest BCUT2D eigenvalue weighted by Gasteiger charge is 2.81. The van der Waals surface area contributed by atoms with Crippen LogP contribution in [0.15, 0.2) is 11.6 Å². The third-order valence-electron chi connectivity index (χ3n) is 3.11. The molecular weight excluding hydrogens is 242 g/mol. The van der Waals surface area contributed by atoms with Crippen LogP contribution in [0.2, 0.25) is 0 Å². The standard InChI is InChI=1S/C8H6F6O2/c9-7(10,11)2-1-6(4(2)15)3(5(6)16)8(12,13)14/h1,3-5,15-16H/t3?,4-,5?,6-/m1/s1. The Morgan fingerprint density at radius 3 is 1.81 bits per heavy atom. The van der Waals surface area contributed by atoms with E-state index in [1.54, 1.807) is 0 Å². The average molecular weight is 248 g/mol. The SMILES string of the molecule is OC1C(C(F)(F)F)[C@@]12C=C(C(F)(F)F)[C@H]2O. The van der Waals surface area contributed by atoms with Crippen molar-refractivity contribution in [1.82, 2.24) is 0 Å². The lowest BCUT2D eigenvalue weighted by Crippen LogP contribution is -2.43. The predicted octanol–water partition coefficient (Wildman–Crippen LogP) is 1.39. The molecule has 0 aromatic heterocycles. The minimum absolute atomic E-state index is 0.278. The molecule has 0 bridgehead atoms. The number of hydrogen-bond donors (Lipinski definition) is 2. The van der Waals surface area contributed by atoms with Crippen molar-refractivity contribution in [3.05, 3.63) is 11.6 Å². The van der Waals surface area contributed by atoms with E-state index < -0.39 is 41.5 Å². The largest absolute Gasteiger partial charge is 0.414 e. The molecule has 0 radical (unpaired) electrons. The van der Waals surface area contributed by atoms with E-state index in [9.17, 15) is 26.3 Å². The van der Waals surface area contributed by atoms with Gasteiger partial charge in [-0.1, -0.05) is 6.08 Å². The van der Waals surface area contributed by atoms with E-state index in [4.69, 9.17) is 10.2 Å². The van der Waals surface area contributed by atoms with Crippen molar-refractivity contribution in [2.75, 3.05) is 0 Å². The first kappa shape index (κ1) is 11.7. The van der Waals surface area contributed by atoms with Gasteiger partial charge in [0.25, 0.3) is 0 Å². The van der Waals surface area contributed by atoms with Crippen LogP contribution >= 0.6 is 0 Å². The van der Waals surface area contributed by atoms with Gasteiger partial charge in [0, 0.05) is 0 Å². The molecule has 1 saturated carbocycles. The van der Waals surface area contributed by atoms with Crippen molar-refractivity contribution >= 4 is 0 Å². The van der Waals surface area contributed by atoms with Gasteiger partial charge in [0.05, 0.1) is 29.1 Å². The molecule has 2 unspecified atom stereocenters. The summed E-state index contributed by atoms with van der Waals surface area (Å²) in [4.78, 5) is 0. The Morgan fingerprint density at radius 2 is 1.56 bits per heavy atom. The van der Waals surface area contributed by atoms with Gasteiger partial charge in [-0.2, -0.15) is 26.3 Å². The van der Waals surface area contributed by atoms with Crippen LogP contribution < -0.4 is 0 Å². The molecule has 1 spiro atoms. The number of hydrogen-bond acceptors (Lipinski definition) is 2. The fourth-order valence-corrected chi connectivity index (χ4v) is 2.21. The van der Waals surface area contributed by atoms with E-state index in [0.717, 1.165) is 0 Å². The Labute approximate surface area is 85.2 Å². The lowest BCUT2D eigenvalue weighted by Gasteiger charge is -2.34. The molecule has 2 N–H and O–H groups in total. The highest BCUT2D eigenvalue weighted by atomic mass is 19.4. The molecule has 4 atom stereocenters. The molecule has 0 saturated heterocycles. The van der Waals surface area contributed by atoms with E-state index in [1.165, 1.54) is 0 Å². The first-order valence-electron chi connectivity index (χ1n) is 4.25. The van der Waals surface area contributed by atoms with Crippen molar-refractivity contribution in [1.29, 1.82) is 0 Å². The van der Waals surface area contributed by atoms with E-state index in [1.807, 2.05) is 0 Å². The number of aliphatic hydroxyl groups excluding tert-OH is 2. The van der Waals surface area contributed by atoms with Crippen LogP contribution in [0.1, 0.15) is 0 Å². The fourth-order valence-electron chi connectivity index (χ4n) is 2.21. The van der Waals surface area contributed by atoms with E-state index in [-0.39, 0.29) is 6.08 Å². The second-order valence-electron chi connectivity index (χ2n) is 3.96. The van der Waals surface area contributed by atoms with Crippen molar-refractivity contribution in [2.45, 2.75) is 24.6 Å². The van der Waals surface area contributed by atoms with Crippen LogP contribution in [0.4, 0.5) is 26.3 Å². The maximum absolute atomic E-state index is 12.2. The molecule has 0 amide bonds. The molecule has 2 nitrogen and oxygen atoms in total. The third-order valence-corrected chi connectivity index (χ3v) is 3.11. The molecule has 8 heteroatoms. The molecule has 0 aromatic rings. The van der Waals surface area contributed by atoms with E-state index in [2.05, 4.69) is 0 Å². The molecule has 2 aliphatic carbocycles. The molecule has 92 valence electrons. The third kappa shape index (κ3) is 1.22. The van der Waals surface area contributed by atoms with E-state index in [0.29, 0.717) is 0 Å². The molecule has 0 aliphatic heterocycles.